The molecular formula is C64H100N20O22. The molecule has 2 saturated heterocycles. The minimum atomic E-state index is -1.89. The molecule has 0 saturated carbocycles. The van der Waals surface area contributed by atoms with Crippen LogP contribution in [-0.4, -0.2) is 280 Å². The smallest absolute Gasteiger partial charge is 0.328 e. The molecule has 2 aliphatic rings. The zero-order valence-electron chi connectivity index (χ0n) is 59.9. The average molecular weight is 1500 g/mol. The molecular weight excluding hydrogens is 1400 g/mol. The van der Waals surface area contributed by atoms with E-state index in [1.54, 1.807) is 34.6 Å². The van der Waals surface area contributed by atoms with Crippen molar-refractivity contribution in [1.82, 2.24) is 93.5 Å². The molecule has 2 aliphatic heterocycles. The van der Waals surface area contributed by atoms with Crippen LogP contribution in [0.5, 0.6) is 0 Å². The van der Waals surface area contributed by atoms with E-state index in [2.05, 4.69) is 78.4 Å². The lowest BCUT2D eigenvalue weighted by Crippen LogP contribution is -2.61. The van der Waals surface area contributed by atoms with E-state index >= 15 is 0 Å². The summed E-state index contributed by atoms with van der Waals surface area (Å²) in [5, 5.41) is 77.8. The number of H-pyrrole nitrogens is 2. The summed E-state index contributed by atoms with van der Waals surface area (Å²) in [4.78, 5) is 242. The van der Waals surface area contributed by atoms with Crippen LogP contribution in [0.25, 0.3) is 0 Å². The summed E-state index contributed by atoms with van der Waals surface area (Å²) in [5.41, 5.74) is 11.9. The van der Waals surface area contributed by atoms with Gasteiger partial charge in [0.05, 0.1) is 70.5 Å². The van der Waals surface area contributed by atoms with Gasteiger partial charge in [0.1, 0.15) is 66.5 Å². The van der Waals surface area contributed by atoms with Crippen molar-refractivity contribution in [1.29, 1.82) is 0 Å². The number of amides is 15. The Morgan fingerprint density at radius 3 is 1.37 bits per heavy atom. The molecule has 2 aromatic heterocycles. The number of aliphatic hydroxyl groups is 3. The number of aliphatic hydroxyl groups excluding tert-OH is 3. The highest BCUT2D eigenvalue weighted by Crippen LogP contribution is 2.23. The van der Waals surface area contributed by atoms with E-state index in [1.165, 1.54) is 25.0 Å². The fraction of sp³-hybridized carbons (Fsp3) is 0.641. The highest BCUT2D eigenvalue weighted by molar-refractivity contribution is 6.01. The summed E-state index contributed by atoms with van der Waals surface area (Å²) in [6.45, 7) is 7.04. The van der Waals surface area contributed by atoms with Gasteiger partial charge in [0.25, 0.3) is 0 Å². The highest BCUT2D eigenvalue weighted by Gasteiger charge is 2.43. The topological polar surface area (TPSA) is 652 Å². The largest absolute Gasteiger partial charge is 0.481 e. The van der Waals surface area contributed by atoms with Gasteiger partial charge in [-0.2, -0.15) is 0 Å². The maximum atomic E-state index is 14.4. The predicted molar refractivity (Wildman–Crippen MR) is 366 cm³/mol. The first-order chi connectivity index (χ1) is 50.0. The SMILES string of the molecule is CC[C@H](C)[C@H](N)C(=O)NCC(=O)N[C@@H](CC(C)C)C(=O)N[C@@H](Cc1cnc[nH]1)C(=O)N[C@@H](CC(=O)O)C(=O)N1CCC[C@H]1C(=O)N[C@@H](CO)C(=O)N[C@@H](Cc1cnc[nH]1)C(=O)NCC(=O)N[C@H](C(=O)N[C@@H](CC(C)C)C(=O)N1CCC[C@H]1C(=O)N[C@@H](CC(N)=O)C(=O)NCC(=O)N[C@@H](CO)C(=O)O)[C@@H](C)O. The van der Waals surface area contributed by atoms with Crippen LogP contribution in [0.1, 0.15) is 118 Å². The van der Waals surface area contributed by atoms with Crippen molar-refractivity contribution in [3.05, 3.63) is 36.4 Å². The van der Waals surface area contributed by atoms with Crippen molar-refractivity contribution in [2.24, 2.45) is 29.2 Å². The van der Waals surface area contributed by atoms with Crippen LogP contribution in [0.2, 0.25) is 0 Å². The third kappa shape index (κ3) is 28.0. The van der Waals surface area contributed by atoms with E-state index in [-0.39, 0.29) is 87.9 Å². The number of carboxylic acids is 2. The summed E-state index contributed by atoms with van der Waals surface area (Å²) in [6, 6.07) is -18.5. The Hall–Kier alpha value is -10.7. The number of hydrogen-bond donors (Lipinski definition) is 21. The molecule has 14 atom stereocenters. The monoisotopic (exact) mass is 1500 g/mol. The number of likely N-dealkylation sites (tertiary alicyclic amines) is 2. The third-order valence-electron chi connectivity index (χ3n) is 17.2. The molecule has 588 valence electrons. The molecule has 0 spiro atoms. The molecule has 2 aromatic rings. The van der Waals surface area contributed by atoms with Crippen LogP contribution in [0.4, 0.5) is 0 Å². The van der Waals surface area contributed by atoms with Crippen molar-refractivity contribution < 1.29 is 107 Å². The molecule has 0 aromatic carbocycles. The molecule has 42 nitrogen and oxygen atoms in total. The van der Waals surface area contributed by atoms with Crippen LogP contribution in [0.15, 0.2) is 25.0 Å². The Labute approximate surface area is 608 Å². The minimum absolute atomic E-state index is 0.0277. The van der Waals surface area contributed by atoms with Gasteiger partial charge < -0.3 is 121 Å². The van der Waals surface area contributed by atoms with E-state index in [9.17, 15) is 102 Å². The molecule has 42 heteroatoms. The van der Waals surface area contributed by atoms with Gasteiger partial charge in [-0.05, 0) is 63.2 Å². The van der Waals surface area contributed by atoms with E-state index in [0.29, 0.717) is 12.1 Å². The number of imidazole rings is 2. The fourth-order valence-electron chi connectivity index (χ4n) is 11.3. The van der Waals surface area contributed by atoms with Crippen molar-refractivity contribution in [2.45, 2.75) is 198 Å². The number of nitrogens with one attached hydrogen (secondary N) is 14. The van der Waals surface area contributed by atoms with Gasteiger partial charge in [-0.1, -0.05) is 48.0 Å². The normalized spacial score (nSPS) is 17.5. The van der Waals surface area contributed by atoms with Gasteiger partial charge in [-0.25, -0.2) is 14.8 Å². The maximum absolute atomic E-state index is 14.4. The number of rotatable bonds is 44. The van der Waals surface area contributed by atoms with E-state index in [0.717, 1.165) is 16.7 Å². The number of aromatic amines is 2. The molecule has 0 unspecified atom stereocenters. The fourth-order valence-corrected chi connectivity index (χ4v) is 11.3. The van der Waals surface area contributed by atoms with Gasteiger partial charge >= 0.3 is 11.9 Å². The lowest BCUT2D eigenvalue weighted by Gasteiger charge is -2.31. The van der Waals surface area contributed by atoms with E-state index < -0.39 is 225 Å². The van der Waals surface area contributed by atoms with Gasteiger partial charge in [0, 0.05) is 49.7 Å². The number of carboxylic acid groups (broad SMARTS) is 2. The second kappa shape index (κ2) is 42.9. The summed E-state index contributed by atoms with van der Waals surface area (Å²) in [6.07, 6.45) is 1.91. The molecule has 0 radical (unpaired) electrons. The van der Waals surface area contributed by atoms with Gasteiger partial charge in [-0.15, -0.1) is 0 Å². The van der Waals surface area contributed by atoms with Gasteiger partial charge in [-0.3, -0.25) is 76.7 Å². The first-order valence-electron chi connectivity index (χ1n) is 34.5. The summed E-state index contributed by atoms with van der Waals surface area (Å²) < 4.78 is 0. The van der Waals surface area contributed by atoms with Crippen LogP contribution in [0.3, 0.4) is 0 Å². The van der Waals surface area contributed by atoms with Gasteiger partial charge in [0.2, 0.25) is 88.6 Å². The summed E-state index contributed by atoms with van der Waals surface area (Å²) in [5.74, 6) is -18.6. The molecule has 0 bridgehead atoms. The molecule has 4 rings (SSSR count). The molecule has 23 N–H and O–H groups in total. The number of nitrogens with zero attached hydrogens (tertiary/aromatic N) is 4. The lowest BCUT2D eigenvalue weighted by atomic mass is 9.99. The first-order valence-corrected chi connectivity index (χ1v) is 34.5. The number of aliphatic carboxylic acids is 2. The number of carbonyl (C=O) groups is 17. The Morgan fingerprint density at radius 2 is 0.925 bits per heavy atom. The van der Waals surface area contributed by atoms with Crippen molar-refractivity contribution in [3.63, 3.8) is 0 Å². The number of carbonyl (C=O) groups excluding carboxylic acids is 15. The Kier molecular flexibility index (Phi) is 35.5. The Bertz CT molecular complexity index is 3410. The van der Waals surface area contributed by atoms with E-state index in [4.69, 9.17) is 16.6 Å². The van der Waals surface area contributed by atoms with Crippen LogP contribution in [-0.2, 0) is 94.3 Å². The number of aromatic nitrogens is 4. The minimum Gasteiger partial charge on any atom is -0.481 e. The molecule has 0 aliphatic carbocycles. The van der Waals surface area contributed by atoms with Gasteiger partial charge in [0.15, 0.2) is 0 Å². The summed E-state index contributed by atoms with van der Waals surface area (Å²) >= 11 is 0. The zero-order valence-corrected chi connectivity index (χ0v) is 59.9. The second-order valence-corrected chi connectivity index (χ2v) is 26.6. The zero-order chi connectivity index (χ0) is 79.2. The maximum Gasteiger partial charge on any atom is 0.328 e. The number of hydrogen-bond acceptors (Lipinski definition) is 23. The number of primary amides is 1. The highest BCUT2D eigenvalue weighted by atomic mass is 16.4. The van der Waals surface area contributed by atoms with Crippen LogP contribution < -0.4 is 75.3 Å². The third-order valence-corrected chi connectivity index (χ3v) is 17.2. The lowest BCUT2D eigenvalue weighted by molar-refractivity contribution is -0.146. The standard InChI is InChI=1S/C64H100N20O22/c1-8-32(6)51(66)60(101)71-24-47(89)74-36(15-30(2)3)55(96)77-38(18-35-22-68-29-73-35)56(97)79-41(20-50(92)93)63(104)84-14-10-12-45(84)59(100)81-42(26-85)57(98)76-37(17-34-21-67-28-72-34)53(94)70-25-49(91)82-52(33(7)87)61(102)80-40(16-31(4)5)62(103)83-13-9-11-44(83)58(99)78-39(19-46(65)88)54(95)69-23-48(90)75-43(27-86)64(105)106/h21-22,28-33,36-45,51-52,85-87H,8-20,23-27,66H2,1-7H3,(H2,65,88)(H,67,72)(H,68,73)(H,69,95)(H,70,94)(H,71,101)(H,74,89)(H,75,90)(H,76,98)(H,77,96)(H,78,99)(H,79,97)(H,80,102)(H,81,100)(H,82,91)(H,92,93)(H,105,106)/t32-,33+,36-,37-,38-,39-,40-,41-,42-,43-,44-,45-,51-,52-/m0/s1. The van der Waals surface area contributed by atoms with Crippen molar-refractivity contribution in [2.75, 3.05) is 45.9 Å². The molecule has 106 heavy (non-hydrogen) atoms. The molecule has 15 amide bonds. The van der Waals surface area contributed by atoms with E-state index in [1.807, 2.05) is 12.2 Å². The second-order valence-electron chi connectivity index (χ2n) is 26.6. The average Bonchev–Trinajstić information content (AvgIpc) is 1.60. The molecule has 4 heterocycles. The quantitative estimate of drug-likeness (QED) is 0.0293. The summed E-state index contributed by atoms with van der Waals surface area (Å²) in [7, 11) is 0. The molecule has 2 fully saturated rings. The Morgan fingerprint density at radius 1 is 0.509 bits per heavy atom. The number of nitrogens with two attached hydrogens (primary N) is 2. The van der Waals surface area contributed by atoms with Crippen LogP contribution >= 0.6 is 0 Å². The predicted octanol–water partition coefficient (Wildman–Crippen LogP) is -9.12. The van der Waals surface area contributed by atoms with Crippen molar-refractivity contribution >= 4 is 101 Å². The Balaban J connectivity index is 1.44. The van der Waals surface area contributed by atoms with Crippen molar-refractivity contribution in [3.8, 4) is 0 Å². The first kappa shape index (κ1) is 87.7. The van der Waals surface area contributed by atoms with Crippen LogP contribution in [0, 0.1) is 17.8 Å².